The lowest BCUT2D eigenvalue weighted by Gasteiger charge is -2.33. The number of hydrogen-bond donors (Lipinski definition) is 1. The van der Waals surface area contributed by atoms with Gasteiger partial charge in [-0.25, -0.2) is 4.79 Å². The summed E-state index contributed by atoms with van der Waals surface area (Å²) in [6, 6.07) is 9.28. The molecule has 142 valence electrons. The molecule has 1 aliphatic heterocycles. The predicted octanol–water partition coefficient (Wildman–Crippen LogP) is 5.32. The third kappa shape index (κ3) is 3.70. The summed E-state index contributed by atoms with van der Waals surface area (Å²) in [4.78, 5) is 11.2. The van der Waals surface area contributed by atoms with Gasteiger partial charge in [0.15, 0.2) is 0 Å². The molecule has 3 rings (SSSR count). The highest BCUT2D eigenvalue weighted by atomic mass is 16.5. The van der Waals surface area contributed by atoms with Crippen molar-refractivity contribution in [2.24, 2.45) is 0 Å². The van der Waals surface area contributed by atoms with Crippen LogP contribution >= 0.6 is 0 Å². The van der Waals surface area contributed by atoms with Crippen molar-refractivity contribution in [3.63, 3.8) is 0 Å². The van der Waals surface area contributed by atoms with Crippen molar-refractivity contribution in [2.75, 3.05) is 13.7 Å². The van der Waals surface area contributed by atoms with Crippen LogP contribution in [0, 0.1) is 6.92 Å². The van der Waals surface area contributed by atoms with Gasteiger partial charge in [0, 0.05) is 11.1 Å². The van der Waals surface area contributed by atoms with Gasteiger partial charge in [-0.15, -0.1) is 0 Å². The number of rotatable bonds is 4. The number of carboxylic acid groups (broad SMARTS) is 1. The zero-order chi connectivity index (χ0) is 19.8. The molecule has 0 bridgehead atoms. The maximum Gasteiger partial charge on any atom is 0.335 e. The largest absolute Gasteiger partial charge is 0.496 e. The van der Waals surface area contributed by atoms with Gasteiger partial charge >= 0.3 is 5.97 Å². The van der Waals surface area contributed by atoms with E-state index in [1.165, 1.54) is 5.56 Å². The Morgan fingerprint density at radius 3 is 2.67 bits per heavy atom. The molecule has 1 heterocycles. The van der Waals surface area contributed by atoms with E-state index in [-0.39, 0.29) is 11.0 Å². The first-order chi connectivity index (χ1) is 12.7. The van der Waals surface area contributed by atoms with E-state index < -0.39 is 5.97 Å². The van der Waals surface area contributed by atoms with Gasteiger partial charge in [-0.05, 0) is 72.7 Å². The molecular weight excluding hydrogens is 340 g/mol. The van der Waals surface area contributed by atoms with Crippen LogP contribution in [0.3, 0.4) is 0 Å². The van der Waals surface area contributed by atoms with Crippen LogP contribution in [0.1, 0.15) is 59.8 Å². The monoisotopic (exact) mass is 366 g/mol. The van der Waals surface area contributed by atoms with Gasteiger partial charge in [0.05, 0.1) is 19.3 Å². The van der Waals surface area contributed by atoms with Crippen LogP contribution in [0.15, 0.2) is 30.3 Å². The molecule has 0 unspecified atom stereocenters. The summed E-state index contributed by atoms with van der Waals surface area (Å²) < 4.78 is 11.3. The van der Waals surface area contributed by atoms with Crippen LogP contribution in [0.25, 0.3) is 11.6 Å². The van der Waals surface area contributed by atoms with Gasteiger partial charge in [-0.1, -0.05) is 19.9 Å². The van der Waals surface area contributed by atoms with E-state index in [0.717, 1.165) is 41.0 Å². The van der Waals surface area contributed by atoms with Gasteiger partial charge in [0.2, 0.25) is 0 Å². The molecule has 0 fully saturated rings. The van der Waals surface area contributed by atoms with Crippen LogP contribution < -0.4 is 9.47 Å². The van der Waals surface area contributed by atoms with E-state index in [0.29, 0.717) is 5.75 Å². The smallest absolute Gasteiger partial charge is 0.335 e. The third-order valence-corrected chi connectivity index (χ3v) is 5.32. The van der Waals surface area contributed by atoms with Crippen molar-refractivity contribution in [3.8, 4) is 11.5 Å². The first-order valence-corrected chi connectivity index (χ1v) is 9.11. The van der Waals surface area contributed by atoms with Gasteiger partial charge in [-0.2, -0.15) is 0 Å². The lowest BCUT2D eigenvalue weighted by Crippen LogP contribution is -2.26. The zero-order valence-corrected chi connectivity index (χ0v) is 16.6. The Balaban J connectivity index is 2.06. The summed E-state index contributed by atoms with van der Waals surface area (Å²) >= 11 is 0. The van der Waals surface area contributed by atoms with Crippen LogP contribution in [0.2, 0.25) is 0 Å². The van der Waals surface area contributed by atoms with Crippen molar-refractivity contribution in [2.45, 2.75) is 39.5 Å². The van der Waals surface area contributed by atoms with E-state index in [1.54, 1.807) is 25.3 Å². The van der Waals surface area contributed by atoms with Gasteiger partial charge in [0.25, 0.3) is 0 Å². The Hall–Kier alpha value is -2.75. The number of ether oxygens (including phenoxy) is 2. The summed E-state index contributed by atoms with van der Waals surface area (Å²) in [5.41, 5.74) is 5.79. The fourth-order valence-electron chi connectivity index (χ4n) is 3.58. The molecule has 27 heavy (non-hydrogen) atoms. The highest BCUT2D eigenvalue weighted by Crippen LogP contribution is 2.41. The highest BCUT2D eigenvalue weighted by Gasteiger charge is 2.29. The van der Waals surface area contributed by atoms with Gasteiger partial charge < -0.3 is 14.6 Å². The quantitative estimate of drug-likeness (QED) is 0.744. The normalized spacial score (nSPS) is 15.7. The first kappa shape index (κ1) is 19.0. The number of aromatic carboxylic acids is 1. The molecule has 1 N–H and O–H groups in total. The van der Waals surface area contributed by atoms with E-state index >= 15 is 0 Å². The number of allylic oxidation sites excluding steroid dienone is 1. The molecule has 0 radical (unpaired) electrons. The molecule has 0 spiro atoms. The Morgan fingerprint density at radius 2 is 2.00 bits per heavy atom. The fraction of sp³-hybridized carbons (Fsp3) is 0.348. The van der Waals surface area contributed by atoms with Crippen molar-refractivity contribution in [3.05, 3.63) is 58.1 Å². The van der Waals surface area contributed by atoms with Crippen molar-refractivity contribution < 1.29 is 19.4 Å². The second-order valence-electron chi connectivity index (χ2n) is 7.73. The molecule has 2 aromatic carbocycles. The predicted molar refractivity (Wildman–Crippen MR) is 108 cm³/mol. The minimum atomic E-state index is -0.965. The second kappa shape index (κ2) is 7.10. The Labute approximate surface area is 160 Å². The van der Waals surface area contributed by atoms with Gasteiger partial charge in [-0.3, -0.25) is 0 Å². The number of methoxy groups -OCH3 is 1. The molecule has 2 aromatic rings. The SMILES string of the molecule is COc1cc(C(=O)O)ccc1C=C(C)c1cc2c(cc1C)OCCC2(C)C. The number of carbonyl (C=O) groups is 1. The first-order valence-electron chi connectivity index (χ1n) is 9.11. The van der Waals surface area contributed by atoms with E-state index in [9.17, 15) is 9.90 Å². The summed E-state index contributed by atoms with van der Waals surface area (Å²) in [7, 11) is 1.55. The molecule has 0 saturated heterocycles. The molecule has 4 nitrogen and oxygen atoms in total. The summed E-state index contributed by atoms with van der Waals surface area (Å²) in [6.45, 7) is 9.40. The second-order valence-corrected chi connectivity index (χ2v) is 7.73. The van der Waals surface area contributed by atoms with Crippen LogP contribution in [-0.4, -0.2) is 24.8 Å². The zero-order valence-electron chi connectivity index (χ0n) is 16.6. The third-order valence-electron chi connectivity index (χ3n) is 5.32. The fourth-order valence-corrected chi connectivity index (χ4v) is 3.58. The average molecular weight is 366 g/mol. The van der Waals surface area contributed by atoms with Crippen LogP contribution in [0.4, 0.5) is 0 Å². The van der Waals surface area contributed by atoms with E-state index in [2.05, 4.69) is 39.8 Å². The number of carboxylic acids is 1. The Morgan fingerprint density at radius 1 is 1.26 bits per heavy atom. The average Bonchev–Trinajstić information content (AvgIpc) is 2.60. The Kier molecular flexibility index (Phi) is 5.01. The molecule has 4 heteroatoms. The molecule has 0 aliphatic carbocycles. The Bertz CT molecular complexity index is 922. The lowest BCUT2D eigenvalue weighted by molar-refractivity contribution is 0.0696. The lowest BCUT2D eigenvalue weighted by atomic mass is 9.78. The molecule has 0 amide bonds. The maximum atomic E-state index is 11.2. The number of hydrogen-bond acceptors (Lipinski definition) is 3. The van der Waals surface area contributed by atoms with Crippen molar-refractivity contribution >= 4 is 17.6 Å². The minimum Gasteiger partial charge on any atom is -0.496 e. The molecular formula is C23H26O4. The van der Waals surface area contributed by atoms with Crippen molar-refractivity contribution in [1.82, 2.24) is 0 Å². The van der Waals surface area contributed by atoms with Gasteiger partial charge in [0.1, 0.15) is 11.5 Å². The van der Waals surface area contributed by atoms with Crippen molar-refractivity contribution in [1.29, 1.82) is 0 Å². The molecule has 0 saturated carbocycles. The summed E-state index contributed by atoms with van der Waals surface area (Å²) in [5, 5.41) is 9.17. The maximum absolute atomic E-state index is 11.2. The minimum absolute atomic E-state index is 0.0805. The van der Waals surface area contributed by atoms with Crippen LogP contribution in [-0.2, 0) is 5.41 Å². The van der Waals surface area contributed by atoms with Crippen LogP contribution in [0.5, 0.6) is 11.5 Å². The summed E-state index contributed by atoms with van der Waals surface area (Å²) in [6.07, 6.45) is 3.03. The highest BCUT2D eigenvalue weighted by molar-refractivity contribution is 5.90. The summed E-state index contributed by atoms with van der Waals surface area (Å²) in [5.74, 6) is 0.561. The van der Waals surface area contributed by atoms with E-state index in [1.807, 2.05) is 6.08 Å². The topological polar surface area (TPSA) is 55.8 Å². The molecule has 0 atom stereocenters. The number of fused-ring (bicyclic) bond motifs is 1. The number of aryl methyl sites for hydroxylation is 1. The molecule has 0 aromatic heterocycles. The number of benzene rings is 2. The molecule has 1 aliphatic rings. The van der Waals surface area contributed by atoms with E-state index in [4.69, 9.17) is 9.47 Å². The standard InChI is InChI=1S/C23H26O4/c1-14(10-16-6-7-17(22(24)25)12-20(16)26-5)18-13-19-21(11-15(18)2)27-9-8-23(19,3)4/h6-7,10-13H,8-9H2,1-5H3,(H,24,25).